The molecule has 3 heterocycles. The van der Waals surface area contributed by atoms with Crippen molar-refractivity contribution in [1.82, 2.24) is 24.5 Å². The molecular weight excluding hydrogens is 258 g/mol. The summed E-state index contributed by atoms with van der Waals surface area (Å²) in [7, 11) is 1.78. The molecule has 0 amide bonds. The first-order valence-corrected chi connectivity index (χ1v) is 6.61. The second-order valence-corrected chi connectivity index (χ2v) is 4.53. The van der Waals surface area contributed by atoms with Gasteiger partial charge in [0.15, 0.2) is 0 Å². The molecule has 3 rings (SSSR count). The molecule has 2 N–H and O–H groups in total. The summed E-state index contributed by atoms with van der Waals surface area (Å²) >= 11 is 0. The molecular formula is C12H17N7O. The van der Waals surface area contributed by atoms with Crippen molar-refractivity contribution in [2.75, 3.05) is 30.9 Å². The van der Waals surface area contributed by atoms with Gasteiger partial charge in [-0.15, -0.1) is 0 Å². The molecule has 0 spiro atoms. The van der Waals surface area contributed by atoms with Crippen LogP contribution in [0.5, 0.6) is 0 Å². The van der Waals surface area contributed by atoms with E-state index in [-0.39, 0.29) is 0 Å². The third-order valence-electron chi connectivity index (χ3n) is 3.14. The summed E-state index contributed by atoms with van der Waals surface area (Å²) in [6.45, 7) is 1.55. The van der Waals surface area contributed by atoms with Crippen LogP contribution in [0.2, 0.25) is 0 Å². The minimum atomic E-state index is 0.339. The summed E-state index contributed by atoms with van der Waals surface area (Å²) in [6, 6.07) is 0.339. The first kappa shape index (κ1) is 12.8. The van der Waals surface area contributed by atoms with Gasteiger partial charge in [-0.05, 0) is 12.8 Å². The van der Waals surface area contributed by atoms with Gasteiger partial charge in [-0.1, -0.05) is 0 Å². The Morgan fingerprint density at radius 3 is 2.70 bits per heavy atom. The lowest BCUT2D eigenvalue weighted by Crippen LogP contribution is -2.29. The maximum absolute atomic E-state index is 5.35. The number of hydrogen-bond donors (Lipinski definition) is 2. The molecule has 0 radical (unpaired) electrons. The van der Waals surface area contributed by atoms with Crippen molar-refractivity contribution in [2.24, 2.45) is 0 Å². The highest BCUT2D eigenvalue weighted by molar-refractivity contribution is 5.38. The molecule has 2 aromatic heterocycles. The maximum atomic E-state index is 5.35. The fourth-order valence-corrected chi connectivity index (χ4v) is 2.06. The van der Waals surface area contributed by atoms with E-state index in [4.69, 9.17) is 4.74 Å². The quantitative estimate of drug-likeness (QED) is 0.848. The van der Waals surface area contributed by atoms with Crippen LogP contribution in [-0.4, -0.2) is 50.8 Å². The van der Waals surface area contributed by atoms with Crippen LogP contribution < -0.4 is 10.6 Å². The highest BCUT2D eigenvalue weighted by atomic mass is 16.5. The number of aromatic nitrogens is 5. The number of ether oxygens (including phenoxy) is 1. The molecule has 1 aliphatic heterocycles. The van der Waals surface area contributed by atoms with Crippen molar-refractivity contribution in [3.8, 4) is 5.95 Å². The van der Waals surface area contributed by atoms with Gasteiger partial charge in [-0.3, -0.25) is 4.57 Å². The minimum Gasteiger partial charge on any atom is -0.381 e. The van der Waals surface area contributed by atoms with Crippen molar-refractivity contribution in [2.45, 2.75) is 18.9 Å². The van der Waals surface area contributed by atoms with Gasteiger partial charge in [0.25, 0.3) is 0 Å². The van der Waals surface area contributed by atoms with Crippen molar-refractivity contribution in [3.63, 3.8) is 0 Å². The van der Waals surface area contributed by atoms with E-state index >= 15 is 0 Å². The average Bonchev–Trinajstić information content (AvgIpc) is 3.02. The highest BCUT2D eigenvalue weighted by Gasteiger charge is 2.16. The van der Waals surface area contributed by atoms with Crippen LogP contribution in [0, 0.1) is 0 Å². The third kappa shape index (κ3) is 2.85. The van der Waals surface area contributed by atoms with Gasteiger partial charge in [0.1, 0.15) is 6.33 Å². The molecule has 1 aliphatic rings. The SMILES string of the molecule is CNc1nc(NC2CCOCC2)nc(-n2ccnc2)n1. The first-order valence-electron chi connectivity index (χ1n) is 6.61. The normalized spacial score (nSPS) is 16.1. The summed E-state index contributed by atoms with van der Waals surface area (Å²) in [4.78, 5) is 17.1. The predicted octanol–water partition coefficient (Wildman–Crippen LogP) is 0.690. The molecule has 0 bridgehead atoms. The Kier molecular flexibility index (Phi) is 3.73. The zero-order valence-corrected chi connectivity index (χ0v) is 11.3. The van der Waals surface area contributed by atoms with E-state index in [0.29, 0.717) is 23.9 Å². The largest absolute Gasteiger partial charge is 0.381 e. The number of anilines is 2. The molecule has 8 heteroatoms. The Hall–Kier alpha value is -2.22. The highest BCUT2D eigenvalue weighted by Crippen LogP contribution is 2.14. The Bertz CT molecular complexity index is 551. The molecule has 20 heavy (non-hydrogen) atoms. The molecule has 0 aromatic carbocycles. The Morgan fingerprint density at radius 1 is 1.20 bits per heavy atom. The van der Waals surface area contributed by atoms with Crippen molar-refractivity contribution < 1.29 is 4.74 Å². The lowest BCUT2D eigenvalue weighted by Gasteiger charge is -2.23. The van der Waals surface area contributed by atoms with E-state index in [1.807, 2.05) is 0 Å². The number of rotatable bonds is 4. The predicted molar refractivity (Wildman–Crippen MR) is 74.0 cm³/mol. The second kappa shape index (κ2) is 5.83. The Labute approximate surface area is 116 Å². The van der Waals surface area contributed by atoms with Crippen LogP contribution >= 0.6 is 0 Å². The third-order valence-corrected chi connectivity index (χ3v) is 3.14. The average molecular weight is 275 g/mol. The lowest BCUT2D eigenvalue weighted by atomic mass is 10.1. The standard InChI is InChI=1S/C12H17N7O/c1-13-10-16-11(15-9-2-6-20-7-3-9)18-12(17-10)19-5-4-14-8-19/h4-5,8-9H,2-3,6-7H2,1H3,(H2,13,15,16,17,18). The number of nitrogens with one attached hydrogen (secondary N) is 2. The van der Waals surface area contributed by atoms with Crippen LogP contribution in [0.4, 0.5) is 11.9 Å². The van der Waals surface area contributed by atoms with E-state index in [9.17, 15) is 0 Å². The topological polar surface area (TPSA) is 89.8 Å². The monoisotopic (exact) mass is 275 g/mol. The number of nitrogens with zero attached hydrogens (tertiary/aromatic N) is 5. The van der Waals surface area contributed by atoms with Crippen LogP contribution in [0.25, 0.3) is 5.95 Å². The summed E-state index contributed by atoms with van der Waals surface area (Å²) in [5.41, 5.74) is 0. The summed E-state index contributed by atoms with van der Waals surface area (Å²) in [5.74, 6) is 1.63. The molecule has 0 aliphatic carbocycles. The van der Waals surface area contributed by atoms with Gasteiger partial charge in [0, 0.05) is 38.7 Å². The van der Waals surface area contributed by atoms with Crippen LogP contribution in [0.15, 0.2) is 18.7 Å². The van der Waals surface area contributed by atoms with Gasteiger partial charge in [-0.2, -0.15) is 15.0 Å². The lowest BCUT2D eigenvalue weighted by molar-refractivity contribution is 0.0903. The minimum absolute atomic E-state index is 0.339. The van der Waals surface area contributed by atoms with Gasteiger partial charge in [0.05, 0.1) is 0 Å². The van der Waals surface area contributed by atoms with Gasteiger partial charge >= 0.3 is 0 Å². The van der Waals surface area contributed by atoms with E-state index in [0.717, 1.165) is 26.1 Å². The van der Waals surface area contributed by atoms with Crippen LogP contribution in [0.3, 0.4) is 0 Å². The van der Waals surface area contributed by atoms with E-state index in [1.54, 1.807) is 30.3 Å². The first-order chi connectivity index (χ1) is 9.85. The molecule has 0 saturated carbocycles. The van der Waals surface area contributed by atoms with Gasteiger partial charge in [0.2, 0.25) is 17.8 Å². The van der Waals surface area contributed by atoms with Crippen LogP contribution in [-0.2, 0) is 4.74 Å². The fourth-order valence-electron chi connectivity index (χ4n) is 2.06. The molecule has 106 valence electrons. The fraction of sp³-hybridized carbons (Fsp3) is 0.500. The molecule has 0 unspecified atom stereocenters. The molecule has 1 saturated heterocycles. The molecule has 0 atom stereocenters. The zero-order chi connectivity index (χ0) is 13.8. The summed E-state index contributed by atoms with van der Waals surface area (Å²) < 4.78 is 7.09. The molecule has 2 aromatic rings. The van der Waals surface area contributed by atoms with Gasteiger partial charge in [-0.25, -0.2) is 4.98 Å². The van der Waals surface area contributed by atoms with E-state index < -0.39 is 0 Å². The Balaban J connectivity index is 1.84. The smallest absolute Gasteiger partial charge is 0.241 e. The van der Waals surface area contributed by atoms with Gasteiger partial charge < -0.3 is 15.4 Å². The Morgan fingerprint density at radius 2 is 2.00 bits per heavy atom. The molecule has 1 fully saturated rings. The maximum Gasteiger partial charge on any atom is 0.241 e. The van der Waals surface area contributed by atoms with E-state index in [2.05, 4.69) is 30.6 Å². The molecule has 8 nitrogen and oxygen atoms in total. The van der Waals surface area contributed by atoms with E-state index in [1.165, 1.54) is 0 Å². The number of hydrogen-bond acceptors (Lipinski definition) is 7. The summed E-state index contributed by atoms with van der Waals surface area (Å²) in [5, 5.41) is 6.29. The number of imidazole rings is 1. The summed E-state index contributed by atoms with van der Waals surface area (Å²) in [6.07, 6.45) is 7.07. The zero-order valence-electron chi connectivity index (χ0n) is 11.3. The van der Waals surface area contributed by atoms with Crippen molar-refractivity contribution >= 4 is 11.9 Å². The second-order valence-electron chi connectivity index (χ2n) is 4.53. The van der Waals surface area contributed by atoms with Crippen molar-refractivity contribution in [1.29, 1.82) is 0 Å². The van der Waals surface area contributed by atoms with Crippen LogP contribution in [0.1, 0.15) is 12.8 Å². The van der Waals surface area contributed by atoms with Crippen molar-refractivity contribution in [3.05, 3.63) is 18.7 Å².